The maximum Gasteiger partial charge on any atom is 0.164 e. The van der Waals surface area contributed by atoms with E-state index in [9.17, 15) is 0 Å². The molecular weight excluding hydrogens is 993 g/mol. The summed E-state index contributed by atoms with van der Waals surface area (Å²) in [5.74, 6) is 3.35. The molecule has 0 fully saturated rings. The second-order valence-electron chi connectivity index (χ2n) is 19.5. The predicted octanol–water partition coefficient (Wildman–Crippen LogP) is 17.6. The number of pyridine rings is 3. The Hall–Kier alpha value is -11.2. The zero-order valence-electron chi connectivity index (χ0n) is 43.5. The summed E-state index contributed by atoms with van der Waals surface area (Å²) in [6.45, 7) is 0. The van der Waals surface area contributed by atoms with Crippen molar-refractivity contribution in [1.29, 1.82) is 0 Å². The molecule has 380 valence electrons. The van der Waals surface area contributed by atoms with Crippen LogP contribution in [0.5, 0.6) is 11.5 Å². The second kappa shape index (κ2) is 21.3. The highest BCUT2D eigenvalue weighted by atomic mass is 16.5. The van der Waals surface area contributed by atoms with Crippen molar-refractivity contribution in [2.24, 2.45) is 0 Å². The van der Waals surface area contributed by atoms with Crippen LogP contribution < -0.4 is 4.74 Å². The van der Waals surface area contributed by atoms with E-state index in [1.54, 1.807) is 18.6 Å². The van der Waals surface area contributed by atoms with Gasteiger partial charge in [-0.25, -0.2) is 24.9 Å². The molecular formula is C72H46N8O. The van der Waals surface area contributed by atoms with E-state index in [1.165, 1.54) is 0 Å². The van der Waals surface area contributed by atoms with E-state index in [0.717, 1.165) is 111 Å². The lowest BCUT2D eigenvalue weighted by atomic mass is 9.95. The number of benzene rings is 9. The Morgan fingerprint density at radius 2 is 0.716 bits per heavy atom. The Bertz CT molecular complexity index is 4420. The molecule has 9 heteroatoms. The van der Waals surface area contributed by atoms with E-state index in [-0.39, 0.29) is 0 Å². The van der Waals surface area contributed by atoms with Gasteiger partial charge >= 0.3 is 0 Å². The monoisotopic (exact) mass is 1040 g/mol. The summed E-state index contributed by atoms with van der Waals surface area (Å²) in [6, 6.07) is 84.5. The Morgan fingerprint density at radius 3 is 1.27 bits per heavy atom. The second-order valence-corrected chi connectivity index (χ2v) is 19.5. The van der Waals surface area contributed by atoms with Crippen LogP contribution in [0.1, 0.15) is 0 Å². The lowest BCUT2D eigenvalue weighted by molar-refractivity contribution is 0.485. The summed E-state index contributed by atoms with van der Waals surface area (Å²) in [6.07, 6.45) is 9.02. The molecule has 5 heterocycles. The summed E-state index contributed by atoms with van der Waals surface area (Å²) >= 11 is 0. The molecule has 0 radical (unpaired) electrons. The van der Waals surface area contributed by atoms with Crippen LogP contribution in [0.25, 0.3) is 134 Å². The number of hydrogen-bond donors (Lipinski definition) is 0. The summed E-state index contributed by atoms with van der Waals surface area (Å²) in [5.41, 5.74) is 14.6. The van der Waals surface area contributed by atoms with E-state index in [2.05, 4.69) is 167 Å². The first kappa shape index (κ1) is 48.2. The first-order valence-electron chi connectivity index (χ1n) is 26.7. The van der Waals surface area contributed by atoms with Gasteiger partial charge in [0.05, 0.1) is 17.1 Å². The molecule has 9 aromatic carbocycles. The Balaban J connectivity index is 0.923. The van der Waals surface area contributed by atoms with E-state index in [1.807, 2.05) is 109 Å². The smallest absolute Gasteiger partial charge is 0.164 e. The maximum atomic E-state index is 6.97. The van der Waals surface area contributed by atoms with Crippen LogP contribution in [0.4, 0.5) is 0 Å². The molecule has 14 rings (SSSR count). The van der Waals surface area contributed by atoms with Gasteiger partial charge in [-0.2, -0.15) is 0 Å². The van der Waals surface area contributed by atoms with Gasteiger partial charge in [0.2, 0.25) is 0 Å². The van der Waals surface area contributed by atoms with Crippen LogP contribution in [-0.4, -0.2) is 39.9 Å². The summed E-state index contributed by atoms with van der Waals surface area (Å²) < 4.78 is 6.97. The fourth-order valence-corrected chi connectivity index (χ4v) is 10.6. The Morgan fingerprint density at radius 1 is 0.247 bits per heavy atom. The van der Waals surface area contributed by atoms with Crippen LogP contribution in [0, 0.1) is 0 Å². The Labute approximate surface area is 467 Å². The van der Waals surface area contributed by atoms with E-state index in [4.69, 9.17) is 29.7 Å². The largest absolute Gasteiger partial charge is 0.457 e. The molecule has 5 aromatic heterocycles. The van der Waals surface area contributed by atoms with Crippen molar-refractivity contribution in [3.8, 4) is 124 Å². The van der Waals surface area contributed by atoms with Gasteiger partial charge in [0, 0.05) is 86.3 Å². The molecule has 0 saturated carbocycles. The zero-order valence-corrected chi connectivity index (χ0v) is 43.5. The summed E-state index contributed by atoms with van der Waals surface area (Å²) in [7, 11) is 0. The third kappa shape index (κ3) is 9.62. The van der Waals surface area contributed by atoms with E-state index >= 15 is 0 Å². The molecule has 0 aliphatic rings. The minimum Gasteiger partial charge on any atom is -0.457 e. The van der Waals surface area contributed by atoms with Gasteiger partial charge in [0.15, 0.2) is 23.3 Å². The molecule has 14 aromatic rings. The molecule has 0 N–H and O–H groups in total. The molecule has 0 amide bonds. The van der Waals surface area contributed by atoms with Crippen LogP contribution >= 0.6 is 0 Å². The van der Waals surface area contributed by atoms with Crippen molar-refractivity contribution in [1.82, 2.24) is 39.9 Å². The third-order valence-electron chi connectivity index (χ3n) is 14.5. The normalized spacial score (nSPS) is 11.2. The number of aromatic nitrogens is 8. The lowest BCUT2D eigenvalue weighted by Crippen LogP contribution is -2.03. The average molecular weight is 1040 g/mol. The summed E-state index contributed by atoms with van der Waals surface area (Å²) in [5, 5.41) is 4.49. The van der Waals surface area contributed by atoms with Gasteiger partial charge < -0.3 is 4.74 Å². The standard InChI is InChI=1S/C72H46N8O/c1-3-21-58-47(15-1)38-43-74-67(58)51-32-28-49(29-33-51)56-19-5-8-24-62(56)70-78-71(63-25-9-6-20-57(63)50-30-34-52(35-31-50)68-59-22-4-2-16-48(59)39-44-75-68)80-72(79-70)64-26-10-7-23-60(64)61-37-36-54(69-76-41-14-42-77-69)46-66(61)81-55-18-13-17-53(45-55)65-27-11-12-40-73-65/h1-46H. The van der Waals surface area contributed by atoms with Gasteiger partial charge in [-0.3, -0.25) is 15.0 Å². The van der Waals surface area contributed by atoms with Crippen molar-refractivity contribution >= 4 is 21.5 Å². The number of ether oxygens (including phenoxy) is 1. The molecule has 0 aliphatic heterocycles. The fourth-order valence-electron chi connectivity index (χ4n) is 10.6. The van der Waals surface area contributed by atoms with Crippen LogP contribution in [0.3, 0.4) is 0 Å². The Kier molecular flexibility index (Phi) is 12.7. The maximum absolute atomic E-state index is 6.97. The van der Waals surface area contributed by atoms with Crippen molar-refractivity contribution < 1.29 is 4.74 Å². The highest BCUT2D eigenvalue weighted by Crippen LogP contribution is 2.43. The first-order chi connectivity index (χ1) is 40.1. The molecule has 0 bridgehead atoms. The zero-order chi connectivity index (χ0) is 53.9. The number of nitrogens with zero attached hydrogens (tertiary/aromatic N) is 8. The molecule has 0 aliphatic carbocycles. The first-order valence-corrected chi connectivity index (χ1v) is 26.7. The highest BCUT2D eigenvalue weighted by molar-refractivity contribution is 5.97. The topological polar surface area (TPSA) is 112 Å². The summed E-state index contributed by atoms with van der Waals surface area (Å²) in [4.78, 5) is 39.8. The number of fused-ring (bicyclic) bond motifs is 2. The molecule has 0 spiro atoms. The quantitative estimate of drug-likeness (QED) is 0.118. The van der Waals surface area contributed by atoms with Crippen molar-refractivity contribution in [3.63, 3.8) is 0 Å². The SMILES string of the molecule is c1ccc(-c2cccc(Oc3cc(-c4ncccn4)ccc3-c3ccccc3-c3nc(-c4ccccc4-c4ccc(-c5nccc6ccccc56)cc4)nc(-c4ccccc4-c4ccc(-c5nccc6ccccc56)cc4)n3)c2)nc1. The fraction of sp³-hybridized carbons (Fsp3) is 0. The van der Waals surface area contributed by atoms with Gasteiger partial charge in [-0.05, 0) is 93.2 Å². The highest BCUT2D eigenvalue weighted by Gasteiger charge is 2.22. The van der Waals surface area contributed by atoms with E-state index < -0.39 is 0 Å². The lowest BCUT2D eigenvalue weighted by Gasteiger charge is -2.17. The van der Waals surface area contributed by atoms with Crippen LogP contribution in [0.2, 0.25) is 0 Å². The van der Waals surface area contributed by atoms with Gasteiger partial charge in [-0.1, -0.05) is 194 Å². The van der Waals surface area contributed by atoms with Crippen molar-refractivity contribution in [2.45, 2.75) is 0 Å². The molecule has 0 atom stereocenters. The van der Waals surface area contributed by atoms with Crippen LogP contribution in [-0.2, 0) is 0 Å². The van der Waals surface area contributed by atoms with Crippen molar-refractivity contribution in [2.75, 3.05) is 0 Å². The van der Waals surface area contributed by atoms with Gasteiger partial charge in [0.25, 0.3) is 0 Å². The average Bonchev–Trinajstić information content (AvgIpc) is 3.56. The van der Waals surface area contributed by atoms with Crippen LogP contribution in [0.15, 0.2) is 280 Å². The van der Waals surface area contributed by atoms with Crippen molar-refractivity contribution in [3.05, 3.63) is 280 Å². The molecule has 0 unspecified atom stereocenters. The number of rotatable bonds is 12. The van der Waals surface area contributed by atoms with Gasteiger partial charge in [-0.15, -0.1) is 0 Å². The molecule has 81 heavy (non-hydrogen) atoms. The molecule has 0 saturated heterocycles. The minimum atomic E-state index is 0.489. The number of hydrogen-bond acceptors (Lipinski definition) is 9. The van der Waals surface area contributed by atoms with Gasteiger partial charge in [0.1, 0.15) is 11.5 Å². The predicted molar refractivity (Wildman–Crippen MR) is 325 cm³/mol. The minimum absolute atomic E-state index is 0.489. The van der Waals surface area contributed by atoms with E-state index in [0.29, 0.717) is 34.8 Å². The molecule has 9 nitrogen and oxygen atoms in total. The third-order valence-corrected chi connectivity index (χ3v) is 14.5.